The highest BCUT2D eigenvalue weighted by molar-refractivity contribution is 5.51. The van der Waals surface area contributed by atoms with Crippen LogP contribution in [0.15, 0.2) is 54.6 Å². The van der Waals surface area contributed by atoms with Crippen LogP contribution in [0.4, 0.5) is 0 Å². The minimum absolute atomic E-state index is 0.535. The van der Waals surface area contributed by atoms with Gasteiger partial charge in [-0.25, -0.2) is 0 Å². The summed E-state index contributed by atoms with van der Waals surface area (Å²) in [7, 11) is 1.63. The maximum absolute atomic E-state index is 10.2. The molecule has 0 fully saturated rings. The van der Waals surface area contributed by atoms with Gasteiger partial charge in [0.1, 0.15) is 5.75 Å². The van der Waals surface area contributed by atoms with Crippen LogP contribution >= 0.6 is 0 Å². The molecular weight excluding hydrogens is 260 g/mol. The van der Waals surface area contributed by atoms with Crippen molar-refractivity contribution in [3.63, 3.8) is 0 Å². The first kappa shape index (κ1) is 15.3. The molecule has 2 rings (SSSR count). The molecule has 0 saturated heterocycles. The minimum Gasteiger partial charge on any atom is -0.497 e. The Labute approximate surface area is 126 Å². The Balaban J connectivity index is 2.05. The van der Waals surface area contributed by atoms with Crippen molar-refractivity contribution < 1.29 is 9.84 Å². The fourth-order valence-corrected chi connectivity index (χ4v) is 2.11. The van der Waals surface area contributed by atoms with E-state index >= 15 is 0 Å². The summed E-state index contributed by atoms with van der Waals surface area (Å²) in [4.78, 5) is 0. The molecule has 0 saturated carbocycles. The second-order valence-electron chi connectivity index (χ2n) is 5.40. The molecule has 0 aromatic heterocycles. The van der Waals surface area contributed by atoms with Crippen molar-refractivity contribution >= 4 is 6.08 Å². The van der Waals surface area contributed by atoms with Gasteiger partial charge in [0, 0.05) is 0 Å². The summed E-state index contributed by atoms with van der Waals surface area (Å²) in [6.07, 6.45) is 3.13. The zero-order valence-corrected chi connectivity index (χ0v) is 12.8. The number of rotatable bonds is 5. The van der Waals surface area contributed by atoms with E-state index in [4.69, 9.17) is 4.74 Å². The van der Waals surface area contributed by atoms with Gasteiger partial charge in [-0.15, -0.1) is 0 Å². The van der Waals surface area contributed by atoms with Crippen LogP contribution < -0.4 is 4.74 Å². The highest BCUT2D eigenvalue weighted by Crippen LogP contribution is 2.20. The summed E-state index contributed by atoms with van der Waals surface area (Å²) >= 11 is 0. The molecule has 0 aliphatic rings. The number of methoxy groups -OCH3 is 1. The minimum atomic E-state index is -0.610. The van der Waals surface area contributed by atoms with E-state index in [1.807, 2.05) is 30.3 Å². The standard InChI is InChI=1S/C19H22O2/c1-14(2)16-7-4-15(5-8-16)6-13-19(20)17-9-11-18(21-3)12-10-17/h4-14,19-20H,1-3H3. The number of aliphatic hydroxyl groups is 1. The summed E-state index contributed by atoms with van der Waals surface area (Å²) < 4.78 is 5.11. The van der Waals surface area contributed by atoms with E-state index in [0.29, 0.717) is 5.92 Å². The van der Waals surface area contributed by atoms with E-state index in [1.165, 1.54) is 5.56 Å². The van der Waals surface area contributed by atoms with Crippen LogP contribution in [-0.4, -0.2) is 12.2 Å². The fourth-order valence-electron chi connectivity index (χ4n) is 2.11. The molecule has 0 bridgehead atoms. The van der Waals surface area contributed by atoms with Gasteiger partial charge in [-0.1, -0.05) is 62.4 Å². The fraction of sp³-hybridized carbons (Fsp3) is 0.263. The lowest BCUT2D eigenvalue weighted by molar-refractivity contribution is 0.229. The molecule has 0 heterocycles. The van der Waals surface area contributed by atoms with E-state index in [-0.39, 0.29) is 0 Å². The van der Waals surface area contributed by atoms with Crippen LogP contribution in [-0.2, 0) is 0 Å². The zero-order chi connectivity index (χ0) is 15.2. The molecule has 0 radical (unpaired) electrons. The van der Waals surface area contributed by atoms with Crippen LogP contribution in [0.25, 0.3) is 6.08 Å². The first-order valence-corrected chi connectivity index (χ1v) is 7.20. The maximum atomic E-state index is 10.2. The normalized spacial score (nSPS) is 12.8. The molecule has 2 aromatic carbocycles. The SMILES string of the molecule is COc1ccc(C(O)C=Cc2ccc(C(C)C)cc2)cc1. The number of hydrogen-bond donors (Lipinski definition) is 1. The van der Waals surface area contributed by atoms with Crippen molar-refractivity contribution in [2.45, 2.75) is 25.9 Å². The van der Waals surface area contributed by atoms with Crippen LogP contribution in [0.2, 0.25) is 0 Å². The molecule has 1 N–H and O–H groups in total. The Morgan fingerprint density at radius 3 is 2.00 bits per heavy atom. The third-order valence-electron chi connectivity index (χ3n) is 3.53. The molecular formula is C19H22O2. The van der Waals surface area contributed by atoms with E-state index in [0.717, 1.165) is 16.9 Å². The van der Waals surface area contributed by atoms with E-state index < -0.39 is 6.10 Å². The lowest BCUT2D eigenvalue weighted by Gasteiger charge is -2.08. The van der Waals surface area contributed by atoms with Gasteiger partial charge in [0.15, 0.2) is 0 Å². The molecule has 110 valence electrons. The van der Waals surface area contributed by atoms with Crippen molar-refractivity contribution in [3.05, 3.63) is 71.3 Å². The topological polar surface area (TPSA) is 29.5 Å². The first-order valence-electron chi connectivity index (χ1n) is 7.20. The highest BCUT2D eigenvalue weighted by Gasteiger charge is 2.03. The van der Waals surface area contributed by atoms with Gasteiger partial charge in [0.2, 0.25) is 0 Å². The van der Waals surface area contributed by atoms with Crippen molar-refractivity contribution in [1.82, 2.24) is 0 Å². The zero-order valence-electron chi connectivity index (χ0n) is 12.8. The van der Waals surface area contributed by atoms with Crippen LogP contribution in [0.5, 0.6) is 5.75 Å². The van der Waals surface area contributed by atoms with Crippen LogP contribution in [0.3, 0.4) is 0 Å². The van der Waals surface area contributed by atoms with Crippen molar-refractivity contribution in [2.75, 3.05) is 7.11 Å². The molecule has 0 spiro atoms. The molecule has 21 heavy (non-hydrogen) atoms. The molecule has 0 aliphatic heterocycles. The Hall–Kier alpha value is -2.06. The number of ether oxygens (including phenoxy) is 1. The highest BCUT2D eigenvalue weighted by atomic mass is 16.5. The average molecular weight is 282 g/mol. The number of benzene rings is 2. The van der Waals surface area contributed by atoms with Gasteiger partial charge in [-0.2, -0.15) is 0 Å². The van der Waals surface area contributed by atoms with Gasteiger partial charge in [0.25, 0.3) is 0 Å². The summed E-state index contributed by atoms with van der Waals surface area (Å²) in [6.45, 7) is 4.36. The molecule has 1 atom stereocenters. The molecule has 2 nitrogen and oxygen atoms in total. The first-order chi connectivity index (χ1) is 10.1. The second kappa shape index (κ2) is 7.09. The third-order valence-corrected chi connectivity index (χ3v) is 3.53. The quantitative estimate of drug-likeness (QED) is 0.870. The summed E-state index contributed by atoms with van der Waals surface area (Å²) in [5, 5.41) is 10.2. The molecule has 0 amide bonds. The van der Waals surface area contributed by atoms with Crippen molar-refractivity contribution in [1.29, 1.82) is 0 Å². The lowest BCUT2D eigenvalue weighted by Crippen LogP contribution is -1.93. The predicted octanol–water partition coefficient (Wildman–Crippen LogP) is 4.57. The summed E-state index contributed by atoms with van der Waals surface area (Å²) in [5.41, 5.74) is 3.26. The Bertz CT molecular complexity index is 580. The largest absolute Gasteiger partial charge is 0.497 e. The number of hydrogen-bond acceptors (Lipinski definition) is 2. The molecule has 2 aromatic rings. The monoisotopic (exact) mass is 282 g/mol. The average Bonchev–Trinajstić information content (AvgIpc) is 2.53. The van der Waals surface area contributed by atoms with Crippen molar-refractivity contribution in [2.24, 2.45) is 0 Å². The molecule has 0 aliphatic carbocycles. The Kier molecular flexibility index (Phi) is 5.18. The smallest absolute Gasteiger partial charge is 0.118 e. The van der Waals surface area contributed by atoms with Crippen LogP contribution in [0.1, 0.15) is 42.6 Å². The second-order valence-corrected chi connectivity index (χ2v) is 5.40. The summed E-state index contributed by atoms with van der Waals surface area (Å²) in [6, 6.07) is 15.9. The van der Waals surface area contributed by atoms with E-state index in [1.54, 1.807) is 13.2 Å². The van der Waals surface area contributed by atoms with Gasteiger partial charge < -0.3 is 9.84 Å². The maximum Gasteiger partial charge on any atom is 0.118 e. The number of aliphatic hydroxyl groups excluding tert-OH is 1. The lowest BCUT2D eigenvalue weighted by atomic mass is 10.0. The predicted molar refractivity (Wildman–Crippen MR) is 87.5 cm³/mol. The van der Waals surface area contributed by atoms with E-state index in [2.05, 4.69) is 38.1 Å². The Morgan fingerprint density at radius 1 is 0.905 bits per heavy atom. The Morgan fingerprint density at radius 2 is 1.48 bits per heavy atom. The van der Waals surface area contributed by atoms with Crippen LogP contribution in [0, 0.1) is 0 Å². The van der Waals surface area contributed by atoms with Gasteiger partial charge in [-0.05, 0) is 34.7 Å². The molecule has 1 unspecified atom stereocenters. The summed E-state index contributed by atoms with van der Waals surface area (Å²) in [5.74, 6) is 1.33. The van der Waals surface area contributed by atoms with Gasteiger partial charge in [0.05, 0.1) is 13.2 Å². The van der Waals surface area contributed by atoms with E-state index in [9.17, 15) is 5.11 Å². The third kappa shape index (κ3) is 4.20. The van der Waals surface area contributed by atoms with Gasteiger partial charge >= 0.3 is 0 Å². The van der Waals surface area contributed by atoms with Gasteiger partial charge in [-0.3, -0.25) is 0 Å². The molecule has 2 heteroatoms. The van der Waals surface area contributed by atoms with Crippen molar-refractivity contribution in [3.8, 4) is 5.75 Å².